The standard InChI is InChI=1S/C18H32F3N5O/c1-2-22-17(24-15-8-12-25(13-15)14-18(19,20)21)23-9-6-11-26-10-5-3-4-7-16(26)27/h15H,2-14H2,1H3,(H2,22,23,24). The second-order valence-electron chi connectivity index (χ2n) is 7.29. The monoisotopic (exact) mass is 391 g/mol. The predicted octanol–water partition coefficient (Wildman–Crippen LogP) is 1.97. The maximum atomic E-state index is 12.5. The van der Waals surface area contributed by atoms with E-state index < -0.39 is 12.7 Å². The molecule has 0 saturated carbocycles. The number of carbonyl (C=O) groups excluding carboxylic acids is 1. The SMILES string of the molecule is CCNC(=NCCCN1CCCCCC1=O)NC1CCN(CC(F)(F)F)C1. The van der Waals surface area contributed by atoms with Gasteiger partial charge in [0.2, 0.25) is 5.91 Å². The van der Waals surface area contributed by atoms with Crippen LogP contribution in [0.15, 0.2) is 4.99 Å². The molecule has 2 saturated heterocycles. The number of rotatable bonds is 7. The van der Waals surface area contributed by atoms with Crippen LogP contribution in [0.4, 0.5) is 13.2 Å². The summed E-state index contributed by atoms with van der Waals surface area (Å²) in [5, 5.41) is 6.39. The van der Waals surface area contributed by atoms with E-state index in [-0.39, 0.29) is 11.9 Å². The van der Waals surface area contributed by atoms with Gasteiger partial charge in [0.1, 0.15) is 0 Å². The Hall–Kier alpha value is -1.51. The quantitative estimate of drug-likeness (QED) is 0.396. The number of likely N-dealkylation sites (tertiary alicyclic amines) is 2. The highest BCUT2D eigenvalue weighted by Gasteiger charge is 2.34. The lowest BCUT2D eigenvalue weighted by molar-refractivity contribution is -0.143. The average molecular weight is 391 g/mol. The molecule has 2 aliphatic heterocycles. The van der Waals surface area contributed by atoms with Crippen LogP contribution < -0.4 is 10.6 Å². The number of nitrogens with zero attached hydrogens (tertiary/aromatic N) is 3. The van der Waals surface area contributed by atoms with Gasteiger partial charge in [-0.1, -0.05) is 6.42 Å². The highest BCUT2D eigenvalue weighted by Crippen LogP contribution is 2.19. The zero-order valence-corrected chi connectivity index (χ0v) is 16.2. The summed E-state index contributed by atoms with van der Waals surface area (Å²) in [5.74, 6) is 0.871. The first-order valence-electron chi connectivity index (χ1n) is 9.99. The summed E-state index contributed by atoms with van der Waals surface area (Å²) in [6.45, 7) is 4.72. The summed E-state index contributed by atoms with van der Waals surface area (Å²) >= 11 is 0. The fourth-order valence-corrected chi connectivity index (χ4v) is 3.59. The fraction of sp³-hybridized carbons (Fsp3) is 0.889. The van der Waals surface area contributed by atoms with Crippen molar-refractivity contribution in [2.45, 2.75) is 57.7 Å². The lowest BCUT2D eigenvalue weighted by atomic mass is 10.2. The van der Waals surface area contributed by atoms with Crippen molar-refractivity contribution in [3.63, 3.8) is 0 Å². The Balaban J connectivity index is 1.74. The van der Waals surface area contributed by atoms with E-state index in [1.54, 1.807) is 0 Å². The second kappa shape index (κ2) is 10.7. The molecule has 2 rings (SSSR count). The number of nitrogens with one attached hydrogen (secondary N) is 2. The first kappa shape index (κ1) is 21.8. The Labute approximate surface area is 159 Å². The van der Waals surface area contributed by atoms with Crippen molar-refractivity contribution in [2.24, 2.45) is 4.99 Å². The molecule has 2 fully saturated rings. The number of carbonyl (C=O) groups is 1. The number of guanidine groups is 1. The van der Waals surface area contributed by atoms with Gasteiger partial charge in [-0.25, -0.2) is 0 Å². The lowest BCUT2D eigenvalue weighted by Crippen LogP contribution is -2.45. The Morgan fingerprint density at radius 1 is 1.26 bits per heavy atom. The number of amides is 1. The minimum atomic E-state index is -4.15. The van der Waals surface area contributed by atoms with E-state index >= 15 is 0 Å². The molecule has 6 nitrogen and oxygen atoms in total. The Bertz CT molecular complexity index is 498. The molecule has 0 aromatic heterocycles. The number of aliphatic imine (C=N–C) groups is 1. The second-order valence-corrected chi connectivity index (χ2v) is 7.29. The van der Waals surface area contributed by atoms with Crippen molar-refractivity contribution in [2.75, 3.05) is 45.8 Å². The average Bonchev–Trinajstić information content (AvgIpc) is 2.90. The van der Waals surface area contributed by atoms with Gasteiger partial charge < -0.3 is 15.5 Å². The third-order valence-electron chi connectivity index (χ3n) is 4.89. The topological polar surface area (TPSA) is 60.0 Å². The minimum Gasteiger partial charge on any atom is -0.357 e. The molecule has 0 aliphatic carbocycles. The summed E-state index contributed by atoms with van der Waals surface area (Å²) < 4.78 is 37.5. The molecule has 156 valence electrons. The molecule has 0 aromatic rings. The molecule has 0 bridgehead atoms. The number of hydrogen-bond acceptors (Lipinski definition) is 3. The molecule has 0 spiro atoms. The van der Waals surface area contributed by atoms with Crippen LogP contribution >= 0.6 is 0 Å². The number of alkyl halides is 3. The first-order chi connectivity index (χ1) is 12.9. The van der Waals surface area contributed by atoms with Crippen LogP contribution in [-0.2, 0) is 4.79 Å². The molecular formula is C18H32F3N5O. The molecule has 0 radical (unpaired) electrons. The number of hydrogen-bond donors (Lipinski definition) is 2. The van der Waals surface area contributed by atoms with Crippen molar-refractivity contribution in [1.29, 1.82) is 0 Å². The lowest BCUT2D eigenvalue weighted by Gasteiger charge is -2.21. The molecule has 1 amide bonds. The summed E-state index contributed by atoms with van der Waals surface area (Å²) in [7, 11) is 0. The first-order valence-corrected chi connectivity index (χ1v) is 9.99. The van der Waals surface area contributed by atoms with Crippen molar-refractivity contribution in [3.8, 4) is 0 Å². The normalized spacial score (nSPS) is 22.8. The van der Waals surface area contributed by atoms with Crippen LogP contribution in [0, 0.1) is 0 Å². The molecule has 0 aromatic carbocycles. The van der Waals surface area contributed by atoms with Gasteiger partial charge in [0.05, 0.1) is 6.54 Å². The van der Waals surface area contributed by atoms with E-state index in [1.807, 2.05) is 11.8 Å². The van der Waals surface area contributed by atoms with Gasteiger partial charge in [-0.15, -0.1) is 0 Å². The van der Waals surface area contributed by atoms with Gasteiger partial charge in [-0.3, -0.25) is 14.7 Å². The molecule has 2 N–H and O–H groups in total. The molecule has 1 atom stereocenters. The van der Waals surface area contributed by atoms with Gasteiger partial charge >= 0.3 is 6.18 Å². The molecule has 2 heterocycles. The van der Waals surface area contributed by atoms with Crippen LogP contribution in [0.3, 0.4) is 0 Å². The Morgan fingerprint density at radius 2 is 2.07 bits per heavy atom. The van der Waals surface area contributed by atoms with Crippen LogP contribution in [-0.4, -0.2) is 79.7 Å². The van der Waals surface area contributed by atoms with Crippen LogP contribution in [0.25, 0.3) is 0 Å². The van der Waals surface area contributed by atoms with Gasteiger partial charge in [-0.05, 0) is 32.6 Å². The van der Waals surface area contributed by atoms with E-state index in [0.29, 0.717) is 51.5 Å². The van der Waals surface area contributed by atoms with Gasteiger partial charge in [0, 0.05) is 51.7 Å². The Morgan fingerprint density at radius 3 is 2.81 bits per heavy atom. The van der Waals surface area contributed by atoms with E-state index in [1.165, 1.54) is 4.90 Å². The minimum absolute atomic E-state index is 0.0302. The van der Waals surface area contributed by atoms with Gasteiger partial charge in [0.25, 0.3) is 0 Å². The third kappa shape index (κ3) is 8.36. The fourth-order valence-electron chi connectivity index (χ4n) is 3.59. The third-order valence-corrected chi connectivity index (χ3v) is 4.89. The van der Waals surface area contributed by atoms with Crippen LogP contribution in [0.2, 0.25) is 0 Å². The smallest absolute Gasteiger partial charge is 0.357 e. The van der Waals surface area contributed by atoms with Crippen molar-refractivity contribution in [1.82, 2.24) is 20.4 Å². The summed E-state index contributed by atoms with van der Waals surface area (Å²) in [5.41, 5.74) is 0. The summed E-state index contributed by atoms with van der Waals surface area (Å²) in [4.78, 5) is 19.9. The summed E-state index contributed by atoms with van der Waals surface area (Å²) in [6, 6.07) is -0.0302. The van der Waals surface area contributed by atoms with E-state index in [2.05, 4.69) is 15.6 Å². The van der Waals surface area contributed by atoms with Crippen molar-refractivity contribution in [3.05, 3.63) is 0 Å². The van der Waals surface area contributed by atoms with Crippen LogP contribution in [0.5, 0.6) is 0 Å². The van der Waals surface area contributed by atoms with Crippen molar-refractivity contribution >= 4 is 11.9 Å². The van der Waals surface area contributed by atoms with E-state index in [9.17, 15) is 18.0 Å². The maximum Gasteiger partial charge on any atom is 0.401 e. The maximum absolute atomic E-state index is 12.5. The zero-order valence-electron chi connectivity index (χ0n) is 16.2. The van der Waals surface area contributed by atoms with E-state index in [4.69, 9.17) is 0 Å². The van der Waals surface area contributed by atoms with Crippen LogP contribution in [0.1, 0.15) is 45.4 Å². The molecular weight excluding hydrogens is 359 g/mol. The van der Waals surface area contributed by atoms with Gasteiger partial charge in [-0.2, -0.15) is 13.2 Å². The van der Waals surface area contributed by atoms with Crippen molar-refractivity contribution < 1.29 is 18.0 Å². The largest absolute Gasteiger partial charge is 0.401 e. The molecule has 1 unspecified atom stereocenters. The Kier molecular flexibility index (Phi) is 8.66. The molecule has 27 heavy (non-hydrogen) atoms. The molecule has 9 heteroatoms. The highest BCUT2D eigenvalue weighted by molar-refractivity contribution is 5.80. The molecule has 2 aliphatic rings. The van der Waals surface area contributed by atoms with E-state index in [0.717, 1.165) is 32.2 Å². The summed E-state index contributed by atoms with van der Waals surface area (Å²) in [6.07, 6.45) is 1.10. The highest BCUT2D eigenvalue weighted by atomic mass is 19.4. The predicted molar refractivity (Wildman–Crippen MR) is 99.7 cm³/mol. The zero-order chi connectivity index (χ0) is 19.7. The number of halogens is 3. The van der Waals surface area contributed by atoms with Gasteiger partial charge in [0.15, 0.2) is 5.96 Å².